The first-order valence-corrected chi connectivity index (χ1v) is 5.63. The maximum absolute atomic E-state index is 13.6. The minimum absolute atomic E-state index is 0.0775. The maximum atomic E-state index is 13.6. The Labute approximate surface area is 105 Å². The van der Waals surface area contributed by atoms with Crippen LogP contribution in [0.2, 0.25) is 0 Å². The van der Waals surface area contributed by atoms with Crippen LogP contribution in [0.5, 0.6) is 0 Å². The first-order chi connectivity index (χ1) is 8.59. The van der Waals surface area contributed by atoms with Crippen LogP contribution >= 0.6 is 0 Å². The molecule has 0 aliphatic rings. The average molecular weight is 244 g/mol. The number of hydrogen-bond acceptors (Lipinski definition) is 2. The lowest BCUT2D eigenvalue weighted by Gasteiger charge is -2.11. The number of carbonyl (C=O) groups excluding carboxylic acids is 1. The summed E-state index contributed by atoms with van der Waals surface area (Å²) in [6.45, 7) is 1.77. The van der Waals surface area contributed by atoms with Crippen molar-refractivity contribution in [1.29, 1.82) is 0 Å². The smallest absolute Gasteiger partial charge is 0.198 e. The van der Waals surface area contributed by atoms with Crippen LogP contribution in [-0.2, 0) is 0 Å². The Bertz CT molecular complexity index is 564. The molecule has 0 bridgehead atoms. The fourth-order valence-corrected chi connectivity index (χ4v) is 1.76. The average Bonchev–Trinajstić information content (AvgIpc) is 2.41. The second-order valence-corrected chi connectivity index (χ2v) is 4.16. The van der Waals surface area contributed by atoms with Gasteiger partial charge >= 0.3 is 0 Å². The third kappa shape index (κ3) is 2.46. The van der Waals surface area contributed by atoms with Gasteiger partial charge in [-0.05, 0) is 24.6 Å². The molecule has 2 rings (SSSR count). The summed E-state index contributed by atoms with van der Waals surface area (Å²) in [5.41, 5.74) is 1.16. The van der Waals surface area contributed by atoms with Gasteiger partial charge in [-0.1, -0.05) is 42.0 Å². The number of rotatable bonds is 3. The Morgan fingerprint density at radius 3 is 2.50 bits per heavy atom. The quantitative estimate of drug-likeness (QED) is 0.842. The first kappa shape index (κ1) is 12.5. The molecule has 0 fully saturated rings. The van der Waals surface area contributed by atoms with Gasteiger partial charge in [-0.25, -0.2) is 4.39 Å². The molecule has 0 aliphatic carbocycles. The molecule has 0 heterocycles. The van der Waals surface area contributed by atoms with E-state index in [1.165, 1.54) is 12.1 Å². The van der Waals surface area contributed by atoms with Crippen LogP contribution in [0.15, 0.2) is 48.5 Å². The van der Waals surface area contributed by atoms with E-state index in [-0.39, 0.29) is 5.56 Å². The number of halogens is 1. The van der Waals surface area contributed by atoms with Gasteiger partial charge in [0.1, 0.15) is 11.9 Å². The predicted octanol–water partition coefficient (Wildman–Crippen LogP) is 3.05. The molecule has 0 saturated carbocycles. The minimum Gasteiger partial charge on any atom is -0.380 e. The van der Waals surface area contributed by atoms with E-state index in [4.69, 9.17) is 0 Å². The Morgan fingerprint density at radius 1 is 1.17 bits per heavy atom. The predicted molar refractivity (Wildman–Crippen MR) is 66.9 cm³/mol. The van der Waals surface area contributed by atoms with E-state index in [2.05, 4.69) is 0 Å². The molecule has 2 nitrogen and oxygen atoms in total. The molecule has 0 radical (unpaired) electrons. The lowest BCUT2D eigenvalue weighted by atomic mass is 9.98. The number of aliphatic hydroxyl groups is 1. The fourth-order valence-electron chi connectivity index (χ4n) is 1.76. The molecular weight excluding hydrogens is 231 g/mol. The largest absolute Gasteiger partial charge is 0.380 e. The summed E-state index contributed by atoms with van der Waals surface area (Å²) in [5.74, 6) is -1.23. The highest BCUT2D eigenvalue weighted by atomic mass is 19.1. The zero-order chi connectivity index (χ0) is 13.1. The van der Waals surface area contributed by atoms with Crippen LogP contribution in [0.25, 0.3) is 0 Å². The van der Waals surface area contributed by atoms with Gasteiger partial charge in [-0.3, -0.25) is 4.79 Å². The highest BCUT2D eigenvalue weighted by Gasteiger charge is 2.21. The van der Waals surface area contributed by atoms with Crippen molar-refractivity contribution < 1.29 is 14.3 Å². The zero-order valence-corrected chi connectivity index (χ0v) is 9.93. The van der Waals surface area contributed by atoms with E-state index in [0.29, 0.717) is 5.56 Å². The van der Waals surface area contributed by atoms with E-state index >= 15 is 0 Å². The number of hydrogen-bond donors (Lipinski definition) is 1. The van der Waals surface area contributed by atoms with Gasteiger partial charge < -0.3 is 5.11 Å². The molecule has 0 amide bonds. The molecule has 3 heteroatoms. The van der Waals surface area contributed by atoms with Gasteiger partial charge in [0.15, 0.2) is 5.78 Å². The van der Waals surface area contributed by atoms with Crippen molar-refractivity contribution in [2.75, 3.05) is 0 Å². The molecule has 0 spiro atoms. The maximum Gasteiger partial charge on any atom is 0.198 e. The minimum atomic E-state index is -1.33. The van der Waals surface area contributed by atoms with Crippen LogP contribution in [0.4, 0.5) is 4.39 Å². The zero-order valence-electron chi connectivity index (χ0n) is 9.93. The van der Waals surface area contributed by atoms with E-state index < -0.39 is 17.7 Å². The highest BCUT2D eigenvalue weighted by molar-refractivity contribution is 6.00. The third-order valence-electron chi connectivity index (χ3n) is 2.75. The Balaban J connectivity index is 2.34. The van der Waals surface area contributed by atoms with Crippen molar-refractivity contribution >= 4 is 5.78 Å². The number of carbonyl (C=O) groups is 1. The van der Waals surface area contributed by atoms with Crippen LogP contribution in [0, 0.1) is 12.7 Å². The molecule has 18 heavy (non-hydrogen) atoms. The summed E-state index contributed by atoms with van der Waals surface area (Å²) in [4.78, 5) is 12.0. The van der Waals surface area contributed by atoms with Gasteiger partial charge in [-0.2, -0.15) is 0 Å². The molecular formula is C15H13FO2. The van der Waals surface area contributed by atoms with Gasteiger partial charge in [-0.15, -0.1) is 0 Å². The van der Waals surface area contributed by atoms with E-state index in [9.17, 15) is 14.3 Å². The summed E-state index contributed by atoms with van der Waals surface area (Å²) in [7, 11) is 0. The van der Waals surface area contributed by atoms with E-state index in [1.807, 2.05) is 0 Å². The molecule has 0 aromatic heterocycles. The number of ketones is 1. The normalized spacial score (nSPS) is 12.2. The summed E-state index contributed by atoms with van der Waals surface area (Å²) in [6.07, 6.45) is -1.33. The molecule has 0 aliphatic heterocycles. The topological polar surface area (TPSA) is 37.3 Å². The monoisotopic (exact) mass is 244 g/mol. The SMILES string of the molecule is Cc1ccc(F)c(C(=O)C(O)c2ccccc2)c1. The summed E-state index contributed by atoms with van der Waals surface area (Å²) >= 11 is 0. The van der Waals surface area contributed by atoms with Crippen LogP contribution in [-0.4, -0.2) is 10.9 Å². The molecule has 92 valence electrons. The molecule has 0 saturated heterocycles. The standard InChI is InChI=1S/C15H13FO2/c1-10-7-8-13(16)12(9-10)15(18)14(17)11-5-3-2-4-6-11/h2-9,14,17H,1H3. The van der Waals surface area contributed by atoms with Crippen LogP contribution in [0.3, 0.4) is 0 Å². The first-order valence-electron chi connectivity index (χ1n) is 5.63. The van der Waals surface area contributed by atoms with Crippen molar-refractivity contribution in [2.45, 2.75) is 13.0 Å². The fraction of sp³-hybridized carbons (Fsp3) is 0.133. The Morgan fingerprint density at radius 2 is 1.83 bits per heavy atom. The van der Waals surface area contributed by atoms with Crippen molar-refractivity contribution in [2.24, 2.45) is 0 Å². The molecule has 1 N–H and O–H groups in total. The van der Waals surface area contributed by atoms with Gasteiger partial charge in [0, 0.05) is 0 Å². The number of aryl methyl sites for hydroxylation is 1. The highest BCUT2D eigenvalue weighted by Crippen LogP contribution is 2.20. The summed E-state index contributed by atoms with van der Waals surface area (Å²) < 4.78 is 13.6. The van der Waals surface area contributed by atoms with Crippen LogP contribution in [0.1, 0.15) is 27.6 Å². The summed E-state index contributed by atoms with van der Waals surface area (Å²) in [5, 5.41) is 9.94. The van der Waals surface area contributed by atoms with E-state index in [0.717, 1.165) is 5.56 Å². The van der Waals surface area contributed by atoms with Crippen molar-refractivity contribution in [3.8, 4) is 0 Å². The molecule has 2 aromatic rings. The van der Waals surface area contributed by atoms with Gasteiger partial charge in [0.05, 0.1) is 5.56 Å². The lowest BCUT2D eigenvalue weighted by molar-refractivity contribution is 0.0743. The Hall–Kier alpha value is -2.00. The number of Topliss-reactive ketones (excluding diaryl/α,β-unsaturated/α-hetero) is 1. The van der Waals surface area contributed by atoms with Gasteiger partial charge in [0.25, 0.3) is 0 Å². The Kier molecular flexibility index (Phi) is 3.53. The third-order valence-corrected chi connectivity index (χ3v) is 2.75. The lowest BCUT2D eigenvalue weighted by Crippen LogP contribution is -2.14. The van der Waals surface area contributed by atoms with Crippen molar-refractivity contribution in [3.05, 3.63) is 71.0 Å². The second-order valence-electron chi connectivity index (χ2n) is 4.16. The molecule has 1 unspecified atom stereocenters. The van der Waals surface area contributed by atoms with Crippen LogP contribution < -0.4 is 0 Å². The number of benzene rings is 2. The van der Waals surface area contributed by atoms with Gasteiger partial charge in [0.2, 0.25) is 0 Å². The molecule has 2 aromatic carbocycles. The summed E-state index contributed by atoms with van der Waals surface area (Å²) in [6, 6.07) is 12.8. The van der Waals surface area contributed by atoms with Crippen molar-refractivity contribution in [1.82, 2.24) is 0 Å². The molecule has 1 atom stereocenters. The second kappa shape index (κ2) is 5.10. The van der Waals surface area contributed by atoms with Crippen molar-refractivity contribution in [3.63, 3.8) is 0 Å². The van der Waals surface area contributed by atoms with E-state index in [1.54, 1.807) is 43.3 Å². The number of aliphatic hydroxyl groups excluding tert-OH is 1.